The van der Waals surface area contributed by atoms with E-state index in [4.69, 9.17) is 33.0 Å². The van der Waals surface area contributed by atoms with E-state index in [0.29, 0.717) is 32.9 Å². The Morgan fingerprint density at radius 3 is 2.52 bits per heavy atom. The average molecular weight is 575 g/mol. The summed E-state index contributed by atoms with van der Waals surface area (Å²) < 4.78 is 11.2. The molecule has 10 heteroatoms. The van der Waals surface area contributed by atoms with Crippen molar-refractivity contribution in [1.29, 1.82) is 0 Å². The third-order valence-corrected chi connectivity index (χ3v) is 7.25. The number of nitrogens with one attached hydrogen (secondary N) is 2. The minimum Gasteiger partial charge on any atom is -0.465 e. The molecule has 1 saturated heterocycles. The molecule has 3 heterocycles. The van der Waals surface area contributed by atoms with Crippen molar-refractivity contribution in [1.82, 2.24) is 10.3 Å². The molecule has 1 aliphatic heterocycles. The first-order valence-corrected chi connectivity index (χ1v) is 13.4. The van der Waals surface area contributed by atoms with Crippen LogP contribution >= 0.6 is 23.8 Å². The maximum absolute atomic E-state index is 12.2. The SMILES string of the molecule is COC(=O)c1ccc(-c2ccc([C@H]3[C@H](c4ccccn4)NC(=S)N3c3ccc(NC(=O)C(C)C)c(Cl)c3)o2)cc1. The molecule has 4 aromatic rings. The van der Waals surface area contributed by atoms with Gasteiger partial charge in [0.05, 0.1) is 35.1 Å². The average Bonchev–Trinajstić information content (AvgIpc) is 3.59. The summed E-state index contributed by atoms with van der Waals surface area (Å²) in [5, 5.41) is 7.12. The molecule has 2 N–H and O–H groups in total. The highest BCUT2D eigenvalue weighted by molar-refractivity contribution is 7.80. The first-order valence-electron chi connectivity index (χ1n) is 12.7. The number of hydrogen-bond acceptors (Lipinski definition) is 6. The number of anilines is 2. The molecule has 1 aliphatic rings. The van der Waals surface area contributed by atoms with E-state index in [1.165, 1.54) is 7.11 Å². The Bertz CT molecular complexity index is 1560. The van der Waals surface area contributed by atoms with Gasteiger partial charge in [-0.1, -0.05) is 43.6 Å². The van der Waals surface area contributed by atoms with Gasteiger partial charge < -0.3 is 24.7 Å². The third-order valence-electron chi connectivity index (χ3n) is 6.62. The van der Waals surface area contributed by atoms with Crippen LogP contribution in [0, 0.1) is 5.92 Å². The minimum atomic E-state index is -0.403. The van der Waals surface area contributed by atoms with Crippen LogP contribution in [0.1, 0.15) is 47.7 Å². The second-order valence-corrected chi connectivity index (χ2v) is 10.4. The molecule has 204 valence electrons. The van der Waals surface area contributed by atoms with Crippen LogP contribution in [-0.4, -0.2) is 29.1 Å². The van der Waals surface area contributed by atoms with Crippen LogP contribution < -0.4 is 15.5 Å². The fourth-order valence-electron chi connectivity index (χ4n) is 4.51. The van der Waals surface area contributed by atoms with Gasteiger partial charge in [-0.15, -0.1) is 0 Å². The van der Waals surface area contributed by atoms with Crippen LogP contribution in [0.25, 0.3) is 11.3 Å². The summed E-state index contributed by atoms with van der Waals surface area (Å²) in [6.07, 6.45) is 1.74. The van der Waals surface area contributed by atoms with Gasteiger partial charge >= 0.3 is 5.97 Å². The topological polar surface area (TPSA) is 96.7 Å². The molecule has 0 aliphatic carbocycles. The van der Waals surface area contributed by atoms with E-state index in [1.54, 1.807) is 30.5 Å². The number of nitrogens with zero attached hydrogens (tertiary/aromatic N) is 2. The van der Waals surface area contributed by atoms with Gasteiger partial charge in [-0.3, -0.25) is 9.78 Å². The lowest BCUT2D eigenvalue weighted by molar-refractivity contribution is -0.118. The van der Waals surface area contributed by atoms with Crippen LogP contribution in [0.4, 0.5) is 11.4 Å². The Labute approximate surface area is 242 Å². The number of hydrogen-bond donors (Lipinski definition) is 2. The molecule has 2 aromatic carbocycles. The molecule has 2 atom stereocenters. The Kier molecular flexibility index (Phi) is 7.86. The van der Waals surface area contributed by atoms with Crippen molar-refractivity contribution >= 4 is 52.2 Å². The fourth-order valence-corrected chi connectivity index (χ4v) is 5.08. The fraction of sp³-hybridized carbons (Fsp3) is 0.200. The summed E-state index contributed by atoms with van der Waals surface area (Å²) in [4.78, 5) is 30.6. The Hall–Kier alpha value is -4.21. The van der Waals surface area contributed by atoms with Crippen molar-refractivity contribution in [3.63, 3.8) is 0 Å². The monoisotopic (exact) mass is 574 g/mol. The number of benzene rings is 2. The number of halogens is 1. The number of ether oxygens (including phenoxy) is 1. The largest absolute Gasteiger partial charge is 0.465 e. The van der Waals surface area contributed by atoms with Gasteiger partial charge in [0.1, 0.15) is 17.6 Å². The predicted octanol–water partition coefficient (Wildman–Crippen LogP) is 6.55. The normalized spacial score (nSPS) is 16.6. The zero-order chi connectivity index (χ0) is 28.4. The highest BCUT2D eigenvalue weighted by Crippen LogP contribution is 2.44. The summed E-state index contributed by atoms with van der Waals surface area (Å²) in [5.74, 6) is 0.583. The number of methoxy groups -OCH3 is 1. The molecular formula is C30H27ClN4O4S. The quantitative estimate of drug-likeness (QED) is 0.189. The van der Waals surface area contributed by atoms with E-state index >= 15 is 0 Å². The summed E-state index contributed by atoms with van der Waals surface area (Å²) in [6.45, 7) is 3.64. The number of amides is 1. The molecule has 8 nitrogen and oxygen atoms in total. The molecule has 0 radical (unpaired) electrons. The van der Waals surface area contributed by atoms with Gasteiger partial charge in [-0.2, -0.15) is 0 Å². The van der Waals surface area contributed by atoms with Crippen LogP contribution in [0.3, 0.4) is 0 Å². The Morgan fingerprint density at radius 2 is 1.88 bits per heavy atom. The van der Waals surface area contributed by atoms with Crippen LogP contribution in [0.15, 0.2) is 83.4 Å². The Balaban J connectivity index is 1.52. The standard InChI is InChI=1S/C30H27ClN4O4S/c1-17(2)28(36)33-22-12-11-20(16-21(22)31)35-27(26(34-30(35)40)23-6-4-5-15-32-23)25-14-13-24(39-25)18-7-9-19(10-8-18)29(37)38-3/h4-17,26-27H,1-3H3,(H,33,36)(H,34,40)/t26-,27-/m0/s1. The van der Waals surface area contributed by atoms with E-state index in [-0.39, 0.29) is 17.9 Å². The number of thiocarbonyl (C=S) groups is 1. The van der Waals surface area contributed by atoms with Gasteiger partial charge in [0, 0.05) is 23.4 Å². The van der Waals surface area contributed by atoms with Crippen molar-refractivity contribution in [3.8, 4) is 11.3 Å². The maximum Gasteiger partial charge on any atom is 0.337 e. The maximum atomic E-state index is 12.2. The van der Waals surface area contributed by atoms with Crippen molar-refractivity contribution in [2.24, 2.45) is 5.92 Å². The van der Waals surface area contributed by atoms with Crippen molar-refractivity contribution in [2.45, 2.75) is 25.9 Å². The number of aromatic nitrogens is 1. The molecular weight excluding hydrogens is 548 g/mol. The lowest BCUT2D eigenvalue weighted by Gasteiger charge is -2.26. The summed E-state index contributed by atoms with van der Waals surface area (Å²) in [7, 11) is 1.35. The van der Waals surface area contributed by atoms with Crippen LogP contribution in [-0.2, 0) is 9.53 Å². The lowest BCUT2D eigenvalue weighted by atomic mass is 10.0. The smallest absolute Gasteiger partial charge is 0.337 e. The number of rotatable bonds is 7. The number of esters is 1. The van der Waals surface area contributed by atoms with E-state index in [1.807, 2.05) is 67.3 Å². The summed E-state index contributed by atoms with van der Waals surface area (Å²) in [5.41, 5.74) is 3.31. The predicted molar refractivity (Wildman–Crippen MR) is 158 cm³/mol. The first kappa shape index (κ1) is 27.4. The van der Waals surface area contributed by atoms with Gasteiger partial charge in [0.2, 0.25) is 5.91 Å². The van der Waals surface area contributed by atoms with E-state index in [2.05, 4.69) is 15.6 Å². The molecule has 40 heavy (non-hydrogen) atoms. The third kappa shape index (κ3) is 5.43. The van der Waals surface area contributed by atoms with Crippen molar-refractivity contribution < 1.29 is 18.7 Å². The van der Waals surface area contributed by atoms with Gasteiger partial charge in [-0.25, -0.2) is 4.79 Å². The number of carbonyl (C=O) groups excluding carboxylic acids is 2. The molecule has 0 bridgehead atoms. The second kappa shape index (κ2) is 11.5. The molecule has 1 fully saturated rings. The number of furan rings is 1. The zero-order valence-corrected chi connectivity index (χ0v) is 23.6. The molecule has 0 unspecified atom stereocenters. The van der Waals surface area contributed by atoms with Gasteiger partial charge in [-0.05, 0) is 66.8 Å². The van der Waals surface area contributed by atoms with Crippen LogP contribution in [0.5, 0.6) is 0 Å². The van der Waals surface area contributed by atoms with Crippen LogP contribution in [0.2, 0.25) is 5.02 Å². The summed E-state index contributed by atoms with van der Waals surface area (Å²) >= 11 is 12.4. The summed E-state index contributed by atoms with van der Waals surface area (Å²) in [6, 6.07) is 21.2. The molecule has 2 aromatic heterocycles. The van der Waals surface area contributed by atoms with Crippen molar-refractivity contribution in [3.05, 3.63) is 101 Å². The zero-order valence-electron chi connectivity index (χ0n) is 22.1. The van der Waals surface area contributed by atoms with E-state index in [0.717, 1.165) is 16.9 Å². The van der Waals surface area contributed by atoms with E-state index in [9.17, 15) is 9.59 Å². The highest BCUT2D eigenvalue weighted by Gasteiger charge is 2.42. The number of carbonyl (C=O) groups is 2. The second-order valence-electron chi connectivity index (χ2n) is 9.58. The minimum absolute atomic E-state index is 0.121. The highest BCUT2D eigenvalue weighted by atomic mass is 35.5. The van der Waals surface area contributed by atoms with Gasteiger partial charge in [0.15, 0.2) is 5.11 Å². The van der Waals surface area contributed by atoms with Gasteiger partial charge in [0.25, 0.3) is 0 Å². The lowest BCUT2D eigenvalue weighted by Crippen LogP contribution is -2.29. The van der Waals surface area contributed by atoms with Crippen molar-refractivity contribution in [2.75, 3.05) is 17.3 Å². The molecule has 0 spiro atoms. The molecule has 0 saturated carbocycles. The first-order chi connectivity index (χ1) is 19.3. The van der Waals surface area contributed by atoms with E-state index < -0.39 is 12.0 Å². The number of pyridine rings is 1. The molecule has 5 rings (SSSR count). The Morgan fingerprint density at radius 1 is 1.10 bits per heavy atom. The molecule has 1 amide bonds.